The summed E-state index contributed by atoms with van der Waals surface area (Å²) in [4.78, 5) is 33.4. The zero-order valence-electron chi connectivity index (χ0n) is 16.8. The minimum Gasteiger partial charge on any atom is -0.469 e. The number of carbonyl (C=O) groups excluding carboxylic acids is 2. The predicted molar refractivity (Wildman–Crippen MR) is 104 cm³/mol. The second-order valence-electron chi connectivity index (χ2n) is 7.86. The number of rotatable bonds is 5. The molecule has 0 spiro atoms. The van der Waals surface area contributed by atoms with Crippen LogP contribution in [0.2, 0.25) is 0 Å². The maximum absolute atomic E-state index is 12.8. The molecule has 0 aromatic carbocycles. The van der Waals surface area contributed by atoms with Gasteiger partial charge in [0, 0.05) is 40.3 Å². The van der Waals surface area contributed by atoms with Crippen molar-refractivity contribution in [2.24, 2.45) is 0 Å². The van der Waals surface area contributed by atoms with Crippen molar-refractivity contribution in [1.82, 2.24) is 19.6 Å². The first-order chi connectivity index (χ1) is 13.0. The van der Waals surface area contributed by atoms with Gasteiger partial charge in [0.15, 0.2) is 0 Å². The minimum atomic E-state index is -0.00275. The average molecular weight is 377 g/mol. The van der Waals surface area contributed by atoms with Crippen LogP contribution in [-0.2, 0) is 0 Å². The maximum Gasteiger partial charge on any atom is 0.319 e. The molecule has 0 saturated carbocycles. The number of amides is 3. The molecule has 1 atom stereocenters. The van der Waals surface area contributed by atoms with Crippen molar-refractivity contribution in [2.45, 2.75) is 38.6 Å². The van der Waals surface area contributed by atoms with Gasteiger partial charge in [0.1, 0.15) is 5.76 Å². The molecule has 3 amide bonds. The molecule has 2 aliphatic rings. The Morgan fingerprint density at radius 1 is 1.19 bits per heavy atom. The predicted octanol–water partition coefficient (Wildman–Crippen LogP) is 2.27. The van der Waals surface area contributed by atoms with E-state index in [-0.39, 0.29) is 18.0 Å². The van der Waals surface area contributed by atoms with Crippen LogP contribution in [0.25, 0.3) is 0 Å². The van der Waals surface area contributed by atoms with Crippen LogP contribution in [0.3, 0.4) is 0 Å². The molecule has 150 valence electrons. The van der Waals surface area contributed by atoms with Gasteiger partial charge < -0.3 is 24.0 Å². The van der Waals surface area contributed by atoms with E-state index in [2.05, 4.69) is 4.90 Å². The fraction of sp³-hybridized carbons (Fsp3) is 0.700. The Hall–Kier alpha value is -2.02. The van der Waals surface area contributed by atoms with Crippen LogP contribution in [0.5, 0.6) is 0 Å². The molecule has 1 aromatic rings. The summed E-state index contributed by atoms with van der Waals surface area (Å²) in [6, 6.07) is 1.83. The summed E-state index contributed by atoms with van der Waals surface area (Å²) in [5, 5.41) is 0. The summed E-state index contributed by atoms with van der Waals surface area (Å²) >= 11 is 0. The van der Waals surface area contributed by atoms with Gasteiger partial charge in [-0.2, -0.15) is 0 Å². The number of piperidine rings is 1. The third-order valence-corrected chi connectivity index (χ3v) is 5.71. The summed E-state index contributed by atoms with van der Waals surface area (Å²) < 4.78 is 5.27. The van der Waals surface area contributed by atoms with Crippen molar-refractivity contribution >= 4 is 11.9 Å². The second kappa shape index (κ2) is 8.78. The molecule has 3 rings (SSSR count). The second-order valence-corrected chi connectivity index (χ2v) is 7.86. The number of urea groups is 1. The van der Waals surface area contributed by atoms with Gasteiger partial charge in [0.2, 0.25) is 0 Å². The Bertz CT molecular complexity index is 651. The van der Waals surface area contributed by atoms with Gasteiger partial charge in [-0.3, -0.25) is 4.79 Å². The van der Waals surface area contributed by atoms with E-state index in [1.807, 2.05) is 9.80 Å². The van der Waals surface area contributed by atoms with Crippen molar-refractivity contribution in [3.05, 3.63) is 23.7 Å². The van der Waals surface area contributed by atoms with Crippen LogP contribution in [-0.4, -0.2) is 90.9 Å². The minimum absolute atomic E-state index is 0.00275. The summed E-state index contributed by atoms with van der Waals surface area (Å²) in [5.74, 6) is 0.645. The molecule has 27 heavy (non-hydrogen) atoms. The van der Waals surface area contributed by atoms with Crippen molar-refractivity contribution in [3.63, 3.8) is 0 Å². The highest BCUT2D eigenvalue weighted by Crippen LogP contribution is 2.21. The molecular weight excluding hydrogens is 344 g/mol. The van der Waals surface area contributed by atoms with E-state index in [1.165, 1.54) is 19.3 Å². The fourth-order valence-electron chi connectivity index (χ4n) is 4.08. The molecule has 0 radical (unpaired) electrons. The molecule has 0 bridgehead atoms. The van der Waals surface area contributed by atoms with Gasteiger partial charge in [-0.05, 0) is 45.3 Å². The summed E-state index contributed by atoms with van der Waals surface area (Å²) in [7, 11) is 3.59. The van der Waals surface area contributed by atoms with Crippen molar-refractivity contribution in [3.8, 4) is 0 Å². The molecule has 0 unspecified atom stereocenters. The van der Waals surface area contributed by atoms with E-state index in [0.29, 0.717) is 31.0 Å². The lowest BCUT2D eigenvalue weighted by Crippen LogP contribution is -2.50. The number of likely N-dealkylation sites (tertiary alicyclic amines) is 2. The fourth-order valence-corrected chi connectivity index (χ4v) is 4.08. The normalized spacial score (nSPS) is 20.7. The summed E-state index contributed by atoms with van der Waals surface area (Å²) in [6.45, 7) is 6.94. The highest BCUT2D eigenvalue weighted by molar-refractivity contribution is 5.95. The van der Waals surface area contributed by atoms with Gasteiger partial charge >= 0.3 is 6.03 Å². The molecule has 2 fully saturated rings. The molecule has 1 aromatic heterocycles. The van der Waals surface area contributed by atoms with E-state index in [0.717, 1.165) is 26.1 Å². The monoisotopic (exact) mass is 376 g/mol. The molecular formula is C20H32N4O3. The summed E-state index contributed by atoms with van der Waals surface area (Å²) in [5.41, 5.74) is 0.620. The van der Waals surface area contributed by atoms with Crippen LogP contribution in [0.4, 0.5) is 4.79 Å². The largest absolute Gasteiger partial charge is 0.469 e. The first-order valence-corrected chi connectivity index (χ1v) is 10.0. The van der Waals surface area contributed by atoms with Gasteiger partial charge in [-0.15, -0.1) is 0 Å². The topological polar surface area (TPSA) is 60.2 Å². The number of nitrogens with zero attached hydrogens (tertiary/aromatic N) is 4. The first-order valence-electron chi connectivity index (χ1n) is 10.0. The van der Waals surface area contributed by atoms with Crippen molar-refractivity contribution in [1.29, 1.82) is 0 Å². The van der Waals surface area contributed by atoms with Crippen molar-refractivity contribution < 1.29 is 14.0 Å². The van der Waals surface area contributed by atoms with Crippen LogP contribution >= 0.6 is 0 Å². The van der Waals surface area contributed by atoms with E-state index in [9.17, 15) is 9.59 Å². The Morgan fingerprint density at radius 3 is 2.56 bits per heavy atom. The number of hydrogen-bond acceptors (Lipinski definition) is 4. The number of carbonyl (C=O) groups is 2. The first kappa shape index (κ1) is 19.7. The Kier molecular flexibility index (Phi) is 6.42. The molecule has 7 heteroatoms. The highest BCUT2D eigenvalue weighted by Gasteiger charge is 2.34. The molecule has 2 saturated heterocycles. The van der Waals surface area contributed by atoms with Gasteiger partial charge in [-0.25, -0.2) is 4.79 Å². The highest BCUT2D eigenvalue weighted by atomic mass is 16.3. The molecule has 0 N–H and O–H groups in total. The number of hydrogen-bond donors (Lipinski definition) is 0. The Labute approximate surface area is 161 Å². The van der Waals surface area contributed by atoms with Gasteiger partial charge in [-0.1, -0.05) is 6.42 Å². The lowest BCUT2D eigenvalue weighted by Gasteiger charge is -2.34. The molecule has 7 nitrogen and oxygen atoms in total. The molecule has 3 heterocycles. The summed E-state index contributed by atoms with van der Waals surface area (Å²) in [6.07, 6.45) is 6.18. The van der Waals surface area contributed by atoms with Crippen LogP contribution in [0.1, 0.15) is 41.8 Å². The molecule has 2 aliphatic heterocycles. The van der Waals surface area contributed by atoms with Gasteiger partial charge in [0.05, 0.1) is 17.9 Å². The average Bonchev–Trinajstić information content (AvgIpc) is 3.31. The Balaban J connectivity index is 1.63. The van der Waals surface area contributed by atoms with E-state index in [1.54, 1.807) is 38.2 Å². The maximum atomic E-state index is 12.8. The third-order valence-electron chi connectivity index (χ3n) is 5.71. The van der Waals surface area contributed by atoms with E-state index < -0.39 is 0 Å². The van der Waals surface area contributed by atoms with Crippen molar-refractivity contribution in [2.75, 3.05) is 53.4 Å². The standard InChI is InChI=1S/C20H32N4O3/c1-16-18(8-14-27-16)19(25)23-11-7-17(15-23)24(20(26)21(2)3)13-12-22-9-5-4-6-10-22/h8,14,17H,4-7,9-13,15H2,1-3H3/t17-/m0/s1. The lowest BCUT2D eigenvalue weighted by atomic mass is 10.1. The zero-order valence-corrected chi connectivity index (χ0v) is 16.8. The third kappa shape index (κ3) is 4.64. The number of furan rings is 1. The lowest BCUT2D eigenvalue weighted by molar-refractivity contribution is 0.0772. The van der Waals surface area contributed by atoms with E-state index in [4.69, 9.17) is 4.42 Å². The zero-order chi connectivity index (χ0) is 19.4. The molecule has 0 aliphatic carbocycles. The van der Waals surface area contributed by atoms with Crippen LogP contribution in [0, 0.1) is 6.92 Å². The van der Waals surface area contributed by atoms with Crippen LogP contribution < -0.4 is 0 Å². The quantitative estimate of drug-likeness (QED) is 0.791. The smallest absolute Gasteiger partial charge is 0.319 e. The van der Waals surface area contributed by atoms with Gasteiger partial charge in [0.25, 0.3) is 5.91 Å². The number of aryl methyl sites for hydroxylation is 1. The SMILES string of the molecule is Cc1occc1C(=O)N1CC[C@H](N(CCN2CCCCC2)C(=O)N(C)C)C1. The van der Waals surface area contributed by atoms with E-state index >= 15 is 0 Å². The Morgan fingerprint density at radius 2 is 1.93 bits per heavy atom. The van der Waals surface area contributed by atoms with Crippen LogP contribution in [0.15, 0.2) is 16.7 Å².